The molecule has 1 fully saturated rings. The van der Waals surface area contributed by atoms with Gasteiger partial charge in [-0.2, -0.15) is 0 Å². The molecular formula is C21H20ClN3OS. The van der Waals surface area contributed by atoms with Crippen LogP contribution in [0.3, 0.4) is 0 Å². The van der Waals surface area contributed by atoms with E-state index in [9.17, 15) is 4.79 Å². The Balaban J connectivity index is 1.58. The van der Waals surface area contributed by atoms with Crippen LogP contribution in [-0.2, 0) is 6.42 Å². The third-order valence-electron chi connectivity index (χ3n) is 4.95. The first kappa shape index (κ1) is 18.1. The van der Waals surface area contributed by atoms with Crippen molar-refractivity contribution >= 4 is 28.8 Å². The summed E-state index contributed by atoms with van der Waals surface area (Å²) in [5.74, 6) is 0.0656. The van der Waals surface area contributed by atoms with E-state index in [-0.39, 0.29) is 11.9 Å². The van der Waals surface area contributed by atoms with Crippen molar-refractivity contribution in [2.75, 3.05) is 6.54 Å². The lowest BCUT2D eigenvalue weighted by Gasteiger charge is -2.24. The van der Waals surface area contributed by atoms with Crippen molar-refractivity contribution in [3.05, 3.63) is 80.5 Å². The van der Waals surface area contributed by atoms with Crippen LogP contribution >= 0.6 is 22.9 Å². The maximum Gasteiger partial charge on any atom is 0.266 e. The predicted molar refractivity (Wildman–Crippen MR) is 108 cm³/mol. The number of carbonyl (C=O) groups is 1. The highest BCUT2D eigenvalue weighted by atomic mass is 35.5. The van der Waals surface area contributed by atoms with Crippen LogP contribution < -0.4 is 0 Å². The van der Waals surface area contributed by atoms with Crippen molar-refractivity contribution in [2.24, 2.45) is 0 Å². The minimum atomic E-state index is 0.0187. The fraction of sp³-hybridized carbons (Fsp3) is 0.286. The van der Waals surface area contributed by atoms with E-state index in [1.807, 2.05) is 54.3 Å². The van der Waals surface area contributed by atoms with Crippen LogP contribution in [0.1, 0.15) is 51.2 Å². The number of amides is 1. The molecule has 1 aliphatic rings. The molecule has 0 bridgehead atoms. The Labute approximate surface area is 167 Å². The largest absolute Gasteiger partial charge is 0.329 e. The van der Waals surface area contributed by atoms with E-state index in [2.05, 4.69) is 4.98 Å². The number of thiazole rings is 1. The third kappa shape index (κ3) is 3.75. The number of hydrogen-bond acceptors (Lipinski definition) is 4. The lowest BCUT2D eigenvalue weighted by molar-refractivity contribution is 0.0736. The first-order valence-electron chi connectivity index (χ1n) is 9.04. The van der Waals surface area contributed by atoms with Crippen LogP contribution in [-0.4, -0.2) is 27.3 Å². The molecule has 0 radical (unpaired) electrons. The lowest BCUT2D eigenvalue weighted by atomic mass is 10.1. The number of halogens is 1. The summed E-state index contributed by atoms with van der Waals surface area (Å²) in [6, 6.07) is 13.9. The van der Waals surface area contributed by atoms with Crippen molar-refractivity contribution in [2.45, 2.75) is 32.2 Å². The summed E-state index contributed by atoms with van der Waals surface area (Å²) in [6.07, 6.45) is 2.61. The van der Waals surface area contributed by atoms with Gasteiger partial charge in [0, 0.05) is 23.7 Å². The van der Waals surface area contributed by atoms with Crippen LogP contribution in [0.4, 0.5) is 0 Å². The molecular weight excluding hydrogens is 378 g/mol. The maximum absolute atomic E-state index is 13.0. The molecule has 1 aromatic carbocycles. The Kier molecular flexibility index (Phi) is 5.23. The molecule has 1 amide bonds. The number of hydrogen-bond donors (Lipinski definition) is 0. The van der Waals surface area contributed by atoms with Gasteiger partial charge >= 0.3 is 0 Å². The highest BCUT2D eigenvalue weighted by molar-refractivity contribution is 7.11. The molecule has 1 saturated heterocycles. The average molecular weight is 398 g/mol. The van der Waals surface area contributed by atoms with Gasteiger partial charge in [-0.05, 0) is 43.5 Å². The second kappa shape index (κ2) is 7.79. The molecule has 27 heavy (non-hydrogen) atoms. The van der Waals surface area contributed by atoms with Crippen molar-refractivity contribution in [1.29, 1.82) is 0 Å². The summed E-state index contributed by atoms with van der Waals surface area (Å²) < 4.78 is 0. The average Bonchev–Trinajstić information content (AvgIpc) is 3.32. The van der Waals surface area contributed by atoms with Crippen molar-refractivity contribution in [3.8, 4) is 0 Å². The van der Waals surface area contributed by atoms with Gasteiger partial charge < -0.3 is 4.90 Å². The van der Waals surface area contributed by atoms with E-state index in [1.165, 1.54) is 11.3 Å². The summed E-state index contributed by atoms with van der Waals surface area (Å²) in [6.45, 7) is 2.65. The van der Waals surface area contributed by atoms with Crippen molar-refractivity contribution < 1.29 is 4.79 Å². The Bertz CT molecular complexity index is 971. The molecule has 0 spiro atoms. The fourth-order valence-electron chi connectivity index (χ4n) is 3.57. The van der Waals surface area contributed by atoms with Gasteiger partial charge in [0.05, 0.1) is 22.9 Å². The van der Waals surface area contributed by atoms with E-state index in [0.29, 0.717) is 6.42 Å². The smallest absolute Gasteiger partial charge is 0.266 e. The summed E-state index contributed by atoms with van der Waals surface area (Å²) in [5, 5.41) is 0.753. The molecule has 1 aliphatic heterocycles. The van der Waals surface area contributed by atoms with Crippen LogP contribution in [0.5, 0.6) is 0 Å². The van der Waals surface area contributed by atoms with Gasteiger partial charge in [-0.15, -0.1) is 11.3 Å². The summed E-state index contributed by atoms with van der Waals surface area (Å²) in [5.41, 5.74) is 5.51. The van der Waals surface area contributed by atoms with Gasteiger partial charge in [0.15, 0.2) is 0 Å². The zero-order valence-corrected chi connectivity index (χ0v) is 16.6. The third-order valence-corrected chi connectivity index (χ3v) is 6.24. The molecule has 0 aliphatic carbocycles. The number of rotatable bonds is 4. The first-order chi connectivity index (χ1) is 13.1. The van der Waals surface area contributed by atoms with Crippen LogP contribution in [0, 0.1) is 6.92 Å². The fourth-order valence-corrected chi connectivity index (χ4v) is 4.53. The molecule has 0 N–H and O–H groups in total. The van der Waals surface area contributed by atoms with Gasteiger partial charge in [-0.3, -0.25) is 9.78 Å². The molecule has 4 nitrogen and oxygen atoms in total. The molecule has 138 valence electrons. The van der Waals surface area contributed by atoms with Crippen LogP contribution in [0.25, 0.3) is 0 Å². The normalized spacial score (nSPS) is 16.7. The van der Waals surface area contributed by atoms with Gasteiger partial charge in [0.1, 0.15) is 4.88 Å². The van der Waals surface area contributed by atoms with E-state index in [4.69, 9.17) is 16.6 Å². The number of aromatic nitrogens is 2. The highest BCUT2D eigenvalue weighted by Crippen LogP contribution is 2.33. The Morgan fingerprint density at radius 3 is 2.89 bits per heavy atom. The van der Waals surface area contributed by atoms with Gasteiger partial charge in [-0.1, -0.05) is 35.9 Å². The predicted octanol–water partition coefficient (Wildman–Crippen LogP) is 5.07. The molecule has 3 aromatic rings. The first-order valence-corrected chi connectivity index (χ1v) is 10.3. The second-order valence-electron chi connectivity index (χ2n) is 6.75. The Morgan fingerprint density at radius 1 is 1.26 bits per heavy atom. The highest BCUT2D eigenvalue weighted by Gasteiger charge is 2.33. The molecule has 6 heteroatoms. The number of likely N-dealkylation sites (tertiary alicyclic amines) is 1. The molecule has 2 aromatic heterocycles. The standard InChI is InChI=1S/C21H20ClN3OS/c1-14-20(27-13-23-14)21(26)25-11-5-10-19(25)18-9-4-7-16(24-18)12-15-6-2-3-8-17(15)22/h2-4,6-9,13,19H,5,10-12H2,1H3/t19-/m0/s1. The zero-order chi connectivity index (χ0) is 18.8. The van der Waals surface area contributed by atoms with E-state index < -0.39 is 0 Å². The Hall–Kier alpha value is -2.24. The monoisotopic (exact) mass is 397 g/mol. The quantitative estimate of drug-likeness (QED) is 0.617. The topological polar surface area (TPSA) is 46.1 Å². The molecule has 1 atom stereocenters. The van der Waals surface area contributed by atoms with Crippen molar-refractivity contribution in [1.82, 2.24) is 14.9 Å². The minimum absolute atomic E-state index is 0.0187. The SMILES string of the molecule is Cc1ncsc1C(=O)N1CCC[C@H]1c1cccc(Cc2ccccc2Cl)n1. The second-order valence-corrected chi connectivity index (χ2v) is 8.01. The zero-order valence-electron chi connectivity index (χ0n) is 15.1. The lowest BCUT2D eigenvalue weighted by Crippen LogP contribution is -2.31. The number of benzene rings is 1. The number of carbonyl (C=O) groups excluding carboxylic acids is 1. The van der Waals surface area contributed by atoms with E-state index >= 15 is 0 Å². The van der Waals surface area contributed by atoms with Crippen LogP contribution in [0.15, 0.2) is 48.0 Å². The molecule has 0 saturated carbocycles. The van der Waals surface area contributed by atoms with Gasteiger partial charge in [0.2, 0.25) is 0 Å². The van der Waals surface area contributed by atoms with Crippen LogP contribution in [0.2, 0.25) is 5.02 Å². The molecule has 0 unspecified atom stereocenters. The summed E-state index contributed by atoms with van der Waals surface area (Å²) in [4.78, 5) is 24.7. The maximum atomic E-state index is 13.0. The van der Waals surface area contributed by atoms with E-state index in [1.54, 1.807) is 5.51 Å². The molecule has 4 rings (SSSR count). The van der Waals surface area contributed by atoms with E-state index in [0.717, 1.165) is 51.9 Å². The molecule has 3 heterocycles. The number of aryl methyl sites for hydroxylation is 1. The Morgan fingerprint density at radius 2 is 2.11 bits per heavy atom. The number of nitrogens with zero attached hydrogens (tertiary/aromatic N) is 3. The summed E-state index contributed by atoms with van der Waals surface area (Å²) in [7, 11) is 0. The van der Waals surface area contributed by atoms with Gasteiger partial charge in [-0.25, -0.2) is 4.98 Å². The van der Waals surface area contributed by atoms with Gasteiger partial charge in [0.25, 0.3) is 5.91 Å². The number of pyridine rings is 1. The van der Waals surface area contributed by atoms with Crippen molar-refractivity contribution in [3.63, 3.8) is 0 Å². The minimum Gasteiger partial charge on any atom is -0.329 e. The summed E-state index contributed by atoms with van der Waals surface area (Å²) >= 11 is 7.70.